The molecule has 0 aliphatic heterocycles. The van der Waals surface area contributed by atoms with E-state index in [0.29, 0.717) is 0 Å². The lowest BCUT2D eigenvalue weighted by Gasteiger charge is -2.28. The maximum atomic E-state index is 3.59. The minimum absolute atomic E-state index is 0.201. The standard InChI is InChI=1S/C17H25NS/c1-16(2,3)18-11-10-17(4,5)14-12-19-15-9-7-6-8-13(14)15/h6-9,12,18H,10-11H2,1-5H3. The van der Waals surface area contributed by atoms with E-state index < -0.39 is 0 Å². The summed E-state index contributed by atoms with van der Waals surface area (Å²) in [6.45, 7) is 12.4. The molecule has 1 nitrogen and oxygen atoms in total. The quantitative estimate of drug-likeness (QED) is 0.832. The fourth-order valence-electron chi connectivity index (χ4n) is 2.39. The van der Waals surface area contributed by atoms with Crippen molar-refractivity contribution in [2.75, 3.05) is 6.54 Å². The molecule has 0 saturated heterocycles. The van der Waals surface area contributed by atoms with Crippen LogP contribution in [-0.2, 0) is 5.41 Å². The maximum Gasteiger partial charge on any atom is 0.0345 e. The molecule has 0 spiro atoms. The Bertz CT molecular complexity index is 546. The largest absolute Gasteiger partial charge is 0.312 e. The lowest BCUT2D eigenvalue weighted by Crippen LogP contribution is -2.38. The van der Waals surface area contributed by atoms with Crippen molar-refractivity contribution in [1.82, 2.24) is 5.32 Å². The summed E-state index contributed by atoms with van der Waals surface area (Å²) in [7, 11) is 0. The third-order valence-corrected chi connectivity index (χ3v) is 4.58. The van der Waals surface area contributed by atoms with Crippen LogP contribution in [0.2, 0.25) is 0 Å². The zero-order valence-corrected chi connectivity index (χ0v) is 13.5. The number of fused-ring (bicyclic) bond motifs is 1. The summed E-state index contributed by atoms with van der Waals surface area (Å²) in [4.78, 5) is 0. The van der Waals surface area contributed by atoms with Gasteiger partial charge in [0.2, 0.25) is 0 Å². The van der Waals surface area contributed by atoms with Crippen molar-refractivity contribution in [2.24, 2.45) is 0 Å². The van der Waals surface area contributed by atoms with E-state index in [4.69, 9.17) is 0 Å². The van der Waals surface area contributed by atoms with Crippen LogP contribution >= 0.6 is 11.3 Å². The highest BCUT2D eigenvalue weighted by Gasteiger charge is 2.24. The summed E-state index contributed by atoms with van der Waals surface area (Å²) in [5.41, 5.74) is 1.91. The zero-order valence-electron chi connectivity index (χ0n) is 12.7. The SMILES string of the molecule is CC(C)(C)NCCC(C)(C)c1csc2ccccc12. The fraction of sp³-hybridized carbons (Fsp3) is 0.529. The van der Waals surface area contributed by atoms with Crippen LogP contribution in [0.1, 0.15) is 46.6 Å². The van der Waals surface area contributed by atoms with Gasteiger partial charge in [-0.2, -0.15) is 0 Å². The Morgan fingerprint density at radius 2 is 1.74 bits per heavy atom. The topological polar surface area (TPSA) is 12.0 Å². The Morgan fingerprint density at radius 3 is 2.42 bits per heavy atom. The molecule has 1 N–H and O–H groups in total. The molecule has 0 aliphatic carbocycles. The molecule has 0 amide bonds. The van der Waals surface area contributed by atoms with E-state index in [1.54, 1.807) is 0 Å². The normalized spacial score (nSPS) is 13.1. The average Bonchev–Trinajstić information content (AvgIpc) is 2.71. The Hall–Kier alpha value is -0.860. The van der Waals surface area contributed by atoms with E-state index in [9.17, 15) is 0 Å². The van der Waals surface area contributed by atoms with Gasteiger partial charge in [0.25, 0.3) is 0 Å². The van der Waals surface area contributed by atoms with Gasteiger partial charge in [-0.15, -0.1) is 11.3 Å². The summed E-state index contributed by atoms with van der Waals surface area (Å²) in [5.74, 6) is 0. The Balaban J connectivity index is 2.15. The van der Waals surface area contributed by atoms with E-state index in [0.717, 1.165) is 13.0 Å². The Morgan fingerprint density at radius 1 is 1.05 bits per heavy atom. The predicted octanol–water partition coefficient (Wildman–Crippen LogP) is 4.96. The lowest BCUT2D eigenvalue weighted by atomic mass is 9.81. The molecule has 1 aromatic carbocycles. The molecule has 2 aromatic rings. The van der Waals surface area contributed by atoms with Gasteiger partial charge in [-0.25, -0.2) is 0 Å². The molecule has 0 saturated carbocycles. The third-order valence-electron chi connectivity index (χ3n) is 3.62. The number of thiophene rings is 1. The van der Waals surface area contributed by atoms with Crippen LogP contribution < -0.4 is 5.32 Å². The highest BCUT2D eigenvalue weighted by molar-refractivity contribution is 7.17. The molecular formula is C17H25NS. The second kappa shape index (κ2) is 5.26. The highest BCUT2D eigenvalue weighted by Crippen LogP contribution is 2.36. The first-order valence-corrected chi connectivity index (χ1v) is 7.89. The van der Waals surface area contributed by atoms with Gasteiger partial charge >= 0.3 is 0 Å². The smallest absolute Gasteiger partial charge is 0.0345 e. The zero-order chi connectivity index (χ0) is 14.1. The monoisotopic (exact) mass is 275 g/mol. The number of benzene rings is 1. The maximum absolute atomic E-state index is 3.59. The fourth-order valence-corrected chi connectivity index (χ4v) is 3.54. The molecular weight excluding hydrogens is 250 g/mol. The second-order valence-electron chi connectivity index (χ2n) is 6.96. The molecule has 104 valence electrons. The van der Waals surface area contributed by atoms with Crippen molar-refractivity contribution in [3.63, 3.8) is 0 Å². The van der Waals surface area contributed by atoms with Crippen LogP contribution in [0.3, 0.4) is 0 Å². The third kappa shape index (κ3) is 3.58. The van der Waals surface area contributed by atoms with Crippen molar-refractivity contribution < 1.29 is 0 Å². The number of rotatable bonds is 4. The Kier molecular flexibility index (Phi) is 4.03. The molecule has 19 heavy (non-hydrogen) atoms. The number of nitrogens with one attached hydrogen (secondary N) is 1. The van der Waals surface area contributed by atoms with Gasteiger partial charge in [-0.1, -0.05) is 32.0 Å². The van der Waals surface area contributed by atoms with Crippen molar-refractivity contribution in [3.8, 4) is 0 Å². The van der Waals surface area contributed by atoms with Crippen molar-refractivity contribution in [2.45, 2.75) is 52.0 Å². The van der Waals surface area contributed by atoms with Gasteiger partial charge in [0.15, 0.2) is 0 Å². The first-order chi connectivity index (χ1) is 8.80. The van der Waals surface area contributed by atoms with Crippen LogP contribution in [-0.4, -0.2) is 12.1 Å². The number of hydrogen-bond acceptors (Lipinski definition) is 2. The molecule has 2 rings (SSSR count). The molecule has 0 unspecified atom stereocenters. The van der Waals surface area contributed by atoms with Crippen molar-refractivity contribution in [1.29, 1.82) is 0 Å². The van der Waals surface area contributed by atoms with Gasteiger partial charge in [0.1, 0.15) is 0 Å². The van der Waals surface area contributed by atoms with Gasteiger partial charge in [-0.05, 0) is 61.5 Å². The summed E-state index contributed by atoms with van der Waals surface area (Å²) in [5, 5.41) is 7.35. The first-order valence-electron chi connectivity index (χ1n) is 7.01. The van der Waals surface area contributed by atoms with Crippen molar-refractivity contribution >= 4 is 21.4 Å². The van der Waals surface area contributed by atoms with Crippen LogP contribution in [0.25, 0.3) is 10.1 Å². The molecule has 0 fully saturated rings. The molecule has 0 radical (unpaired) electrons. The molecule has 0 aliphatic rings. The van der Waals surface area contributed by atoms with Gasteiger partial charge in [0, 0.05) is 10.2 Å². The summed E-state index contributed by atoms with van der Waals surface area (Å²) >= 11 is 1.86. The van der Waals surface area contributed by atoms with E-state index in [-0.39, 0.29) is 11.0 Å². The van der Waals surface area contributed by atoms with Crippen LogP contribution in [0, 0.1) is 0 Å². The minimum atomic E-state index is 0.201. The van der Waals surface area contributed by atoms with Gasteiger partial charge in [0.05, 0.1) is 0 Å². The van der Waals surface area contributed by atoms with Crippen molar-refractivity contribution in [3.05, 3.63) is 35.2 Å². The lowest BCUT2D eigenvalue weighted by molar-refractivity contribution is 0.381. The van der Waals surface area contributed by atoms with Gasteiger partial charge < -0.3 is 5.32 Å². The summed E-state index contributed by atoms with van der Waals surface area (Å²) in [6, 6.07) is 8.73. The van der Waals surface area contributed by atoms with Gasteiger partial charge in [-0.3, -0.25) is 0 Å². The van der Waals surface area contributed by atoms with E-state index in [2.05, 4.69) is 69.6 Å². The van der Waals surface area contributed by atoms with E-state index in [1.807, 2.05) is 11.3 Å². The van der Waals surface area contributed by atoms with Crippen LogP contribution in [0.15, 0.2) is 29.6 Å². The minimum Gasteiger partial charge on any atom is -0.312 e. The molecule has 2 heteroatoms. The molecule has 0 bridgehead atoms. The molecule has 1 aromatic heterocycles. The molecule has 1 heterocycles. The summed E-state index contributed by atoms with van der Waals surface area (Å²) < 4.78 is 1.40. The van der Waals surface area contributed by atoms with Crippen LogP contribution in [0.4, 0.5) is 0 Å². The summed E-state index contributed by atoms with van der Waals surface area (Å²) in [6.07, 6.45) is 1.16. The molecule has 0 atom stereocenters. The highest BCUT2D eigenvalue weighted by atomic mass is 32.1. The number of hydrogen-bond donors (Lipinski definition) is 1. The second-order valence-corrected chi connectivity index (χ2v) is 7.87. The van der Waals surface area contributed by atoms with E-state index in [1.165, 1.54) is 15.6 Å². The van der Waals surface area contributed by atoms with Crippen LogP contribution in [0.5, 0.6) is 0 Å². The predicted molar refractivity (Wildman–Crippen MR) is 87.2 cm³/mol. The first kappa shape index (κ1) is 14.5. The Labute approximate surface area is 121 Å². The average molecular weight is 275 g/mol. The van der Waals surface area contributed by atoms with E-state index >= 15 is 0 Å².